The van der Waals surface area contributed by atoms with E-state index in [-0.39, 0.29) is 6.04 Å². The zero-order valence-corrected chi connectivity index (χ0v) is 9.84. The molecule has 7 heteroatoms. The maximum atomic E-state index is 5.02. The van der Waals surface area contributed by atoms with Crippen molar-refractivity contribution in [3.8, 4) is 17.4 Å². The molecule has 0 amide bonds. The van der Waals surface area contributed by atoms with E-state index in [1.54, 1.807) is 12.1 Å². The molecule has 2 aromatic heterocycles. The van der Waals surface area contributed by atoms with Crippen molar-refractivity contribution in [3.63, 3.8) is 0 Å². The third-order valence-corrected chi connectivity index (χ3v) is 1.92. The number of ether oxygens (including phenoxy) is 1. The van der Waals surface area contributed by atoms with E-state index in [2.05, 4.69) is 25.7 Å². The molecule has 0 fully saturated rings. The van der Waals surface area contributed by atoms with Crippen molar-refractivity contribution >= 4 is 6.01 Å². The Morgan fingerprint density at radius 3 is 2.71 bits per heavy atom. The molecule has 0 atom stereocenters. The van der Waals surface area contributed by atoms with Gasteiger partial charge in [-0.25, -0.2) is 0 Å². The lowest BCUT2D eigenvalue weighted by molar-refractivity contribution is 0.392. The van der Waals surface area contributed by atoms with E-state index in [1.165, 1.54) is 7.11 Å². The highest BCUT2D eigenvalue weighted by Gasteiger charge is 2.10. The van der Waals surface area contributed by atoms with Gasteiger partial charge in [0.25, 0.3) is 0 Å². The summed E-state index contributed by atoms with van der Waals surface area (Å²) in [6.07, 6.45) is 0. The van der Waals surface area contributed by atoms with Crippen molar-refractivity contribution in [1.29, 1.82) is 0 Å². The van der Waals surface area contributed by atoms with Crippen LogP contribution < -0.4 is 10.1 Å². The first-order valence-electron chi connectivity index (χ1n) is 5.17. The summed E-state index contributed by atoms with van der Waals surface area (Å²) >= 11 is 0. The van der Waals surface area contributed by atoms with Crippen LogP contribution in [0.25, 0.3) is 11.5 Å². The molecule has 0 aromatic carbocycles. The van der Waals surface area contributed by atoms with Crippen molar-refractivity contribution in [2.45, 2.75) is 19.9 Å². The first-order chi connectivity index (χ1) is 8.19. The van der Waals surface area contributed by atoms with Gasteiger partial charge in [-0.15, -0.1) is 10.2 Å². The number of rotatable bonds is 4. The summed E-state index contributed by atoms with van der Waals surface area (Å²) in [6.45, 7) is 3.97. The fourth-order valence-electron chi connectivity index (χ4n) is 1.18. The number of anilines is 1. The minimum absolute atomic E-state index is 0.227. The first kappa shape index (κ1) is 11.3. The first-order valence-corrected chi connectivity index (χ1v) is 5.17. The van der Waals surface area contributed by atoms with Gasteiger partial charge in [-0.2, -0.15) is 4.98 Å². The molecule has 0 aliphatic rings. The molecule has 1 N–H and O–H groups in total. The lowest BCUT2D eigenvalue weighted by Gasteiger charge is -2.01. The standard InChI is InChI=1S/C10H13N5O2/c1-6(2)11-10-12-9(15-17-10)7-4-5-8(16-3)14-13-7/h4-6H,1-3H3,(H,11,12,15). The van der Waals surface area contributed by atoms with Crippen molar-refractivity contribution in [2.24, 2.45) is 0 Å². The van der Waals surface area contributed by atoms with Crippen LogP contribution in [0.3, 0.4) is 0 Å². The third-order valence-electron chi connectivity index (χ3n) is 1.92. The summed E-state index contributed by atoms with van der Waals surface area (Å²) in [5.41, 5.74) is 0.534. The van der Waals surface area contributed by atoms with Crippen LogP contribution >= 0.6 is 0 Å². The Hall–Kier alpha value is -2.18. The third kappa shape index (κ3) is 2.68. The summed E-state index contributed by atoms with van der Waals surface area (Å²) in [7, 11) is 1.53. The number of nitrogens with one attached hydrogen (secondary N) is 1. The van der Waals surface area contributed by atoms with Gasteiger partial charge in [-0.1, -0.05) is 5.16 Å². The molecule has 0 spiro atoms. The highest BCUT2D eigenvalue weighted by atomic mass is 16.5. The Labute approximate surface area is 98.2 Å². The Morgan fingerprint density at radius 2 is 2.12 bits per heavy atom. The highest BCUT2D eigenvalue weighted by molar-refractivity contribution is 5.49. The van der Waals surface area contributed by atoms with E-state index in [9.17, 15) is 0 Å². The second-order valence-electron chi connectivity index (χ2n) is 3.68. The molecule has 0 unspecified atom stereocenters. The number of hydrogen-bond donors (Lipinski definition) is 1. The van der Waals surface area contributed by atoms with Gasteiger partial charge < -0.3 is 14.6 Å². The Kier molecular flexibility index (Phi) is 3.17. The molecule has 7 nitrogen and oxygen atoms in total. The Balaban J connectivity index is 2.18. The van der Waals surface area contributed by atoms with Crippen LogP contribution in [-0.4, -0.2) is 33.5 Å². The minimum atomic E-state index is 0.227. The second kappa shape index (κ2) is 4.77. The van der Waals surface area contributed by atoms with Crippen molar-refractivity contribution in [1.82, 2.24) is 20.3 Å². The SMILES string of the molecule is COc1ccc(-c2noc(NC(C)C)n2)nn1. The largest absolute Gasteiger partial charge is 0.480 e. The van der Waals surface area contributed by atoms with Gasteiger partial charge in [-0.05, 0) is 19.9 Å². The van der Waals surface area contributed by atoms with E-state index >= 15 is 0 Å². The fourth-order valence-corrected chi connectivity index (χ4v) is 1.18. The molecule has 0 bridgehead atoms. The topological polar surface area (TPSA) is 86.0 Å². The zero-order chi connectivity index (χ0) is 12.3. The van der Waals surface area contributed by atoms with Crippen LogP contribution in [0, 0.1) is 0 Å². The molecule has 2 aromatic rings. The summed E-state index contributed by atoms with van der Waals surface area (Å²) < 4.78 is 9.93. The van der Waals surface area contributed by atoms with Crippen molar-refractivity contribution in [2.75, 3.05) is 12.4 Å². The van der Waals surface area contributed by atoms with Gasteiger partial charge in [-0.3, -0.25) is 0 Å². The minimum Gasteiger partial charge on any atom is -0.480 e. The highest BCUT2D eigenvalue weighted by Crippen LogP contribution is 2.16. The van der Waals surface area contributed by atoms with E-state index < -0.39 is 0 Å². The van der Waals surface area contributed by atoms with Gasteiger partial charge in [0.05, 0.1) is 7.11 Å². The van der Waals surface area contributed by atoms with Crippen LogP contribution in [0.15, 0.2) is 16.7 Å². The molecule has 2 rings (SSSR count). The lowest BCUT2D eigenvalue weighted by Crippen LogP contribution is -2.09. The van der Waals surface area contributed by atoms with Crippen molar-refractivity contribution < 1.29 is 9.26 Å². The van der Waals surface area contributed by atoms with Crippen LogP contribution in [0.2, 0.25) is 0 Å². The van der Waals surface area contributed by atoms with Gasteiger partial charge in [0, 0.05) is 12.1 Å². The van der Waals surface area contributed by atoms with E-state index in [1.807, 2.05) is 13.8 Å². The summed E-state index contributed by atoms with van der Waals surface area (Å²) in [6, 6.07) is 4.00. The molecule has 0 aliphatic heterocycles. The average Bonchev–Trinajstić information content (AvgIpc) is 2.77. The molecule has 17 heavy (non-hydrogen) atoms. The number of aromatic nitrogens is 4. The van der Waals surface area contributed by atoms with Crippen LogP contribution in [0.1, 0.15) is 13.8 Å². The Morgan fingerprint density at radius 1 is 1.29 bits per heavy atom. The van der Waals surface area contributed by atoms with Gasteiger partial charge >= 0.3 is 6.01 Å². The monoisotopic (exact) mass is 235 g/mol. The molecule has 90 valence electrons. The zero-order valence-electron chi connectivity index (χ0n) is 9.84. The number of hydrogen-bond acceptors (Lipinski definition) is 7. The maximum Gasteiger partial charge on any atom is 0.322 e. The van der Waals surface area contributed by atoms with E-state index in [0.29, 0.717) is 23.4 Å². The summed E-state index contributed by atoms with van der Waals surface area (Å²) in [4.78, 5) is 4.14. The quantitative estimate of drug-likeness (QED) is 0.855. The van der Waals surface area contributed by atoms with Gasteiger partial charge in [0.2, 0.25) is 11.7 Å². The summed E-state index contributed by atoms with van der Waals surface area (Å²) in [5.74, 6) is 0.834. The lowest BCUT2D eigenvalue weighted by atomic mass is 10.4. The number of nitrogens with zero attached hydrogens (tertiary/aromatic N) is 4. The average molecular weight is 235 g/mol. The molecule has 0 radical (unpaired) electrons. The van der Waals surface area contributed by atoms with Crippen LogP contribution in [-0.2, 0) is 0 Å². The fraction of sp³-hybridized carbons (Fsp3) is 0.400. The molecular formula is C10H13N5O2. The van der Waals surface area contributed by atoms with Crippen LogP contribution in [0.5, 0.6) is 5.88 Å². The maximum absolute atomic E-state index is 5.02. The smallest absolute Gasteiger partial charge is 0.322 e. The van der Waals surface area contributed by atoms with Gasteiger partial charge in [0.15, 0.2) is 0 Å². The molecule has 0 saturated carbocycles. The normalized spacial score (nSPS) is 10.6. The predicted molar refractivity (Wildman–Crippen MR) is 60.6 cm³/mol. The molecule has 0 aliphatic carbocycles. The molecular weight excluding hydrogens is 222 g/mol. The molecule has 0 saturated heterocycles. The van der Waals surface area contributed by atoms with E-state index in [0.717, 1.165) is 0 Å². The van der Waals surface area contributed by atoms with Crippen molar-refractivity contribution in [3.05, 3.63) is 12.1 Å². The van der Waals surface area contributed by atoms with Crippen LogP contribution in [0.4, 0.5) is 6.01 Å². The summed E-state index contributed by atoms with van der Waals surface area (Å²) in [5, 5.41) is 14.6. The molecule has 2 heterocycles. The predicted octanol–water partition coefficient (Wildman–Crippen LogP) is 1.36. The Bertz CT molecular complexity index is 480. The van der Waals surface area contributed by atoms with Gasteiger partial charge in [0.1, 0.15) is 5.69 Å². The van der Waals surface area contributed by atoms with E-state index in [4.69, 9.17) is 9.26 Å². The second-order valence-corrected chi connectivity index (χ2v) is 3.68. The number of methoxy groups -OCH3 is 1.